The number of hydrogen-bond acceptors (Lipinski definition) is 0. The molecular weight excluding hydrogens is 410 g/mol. The summed E-state index contributed by atoms with van der Waals surface area (Å²) >= 11 is 0. The molecule has 0 fully saturated rings. The summed E-state index contributed by atoms with van der Waals surface area (Å²) in [6, 6.07) is 0. The molecule has 0 rings (SSSR count). The largest absolute Gasteiger partial charge is 0 e. The van der Waals surface area contributed by atoms with E-state index >= 15 is 0 Å². The van der Waals surface area contributed by atoms with E-state index in [1.807, 2.05) is 0 Å². The van der Waals surface area contributed by atoms with Crippen LogP contribution in [0.3, 0.4) is 0 Å². The maximum atomic E-state index is 0. The van der Waals surface area contributed by atoms with Gasteiger partial charge in [-0.25, -0.2) is 0 Å². The molecule has 0 aromatic rings. The van der Waals surface area contributed by atoms with E-state index in [1.54, 1.807) is 0 Å². The molecule has 0 aromatic heterocycles. The van der Waals surface area contributed by atoms with Gasteiger partial charge in [0.2, 0.25) is 0 Å². The van der Waals surface area contributed by atoms with Crippen molar-refractivity contribution in [1.82, 2.24) is 0 Å². The molecule has 0 N–H and O–H groups in total. The average molecular weight is 416 g/mol. The first-order valence-corrected chi connectivity index (χ1v) is 0. The Morgan fingerprint density at radius 1 is 1.00 bits per heavy atom. The predicted octanol–water partition coefficient (Wildman–Crippen LogP) is -2.37. The molecule has 0 amide bonds. The van der Waals surface area contributed by atoms with E-state index in [2.05, 4.69) is 0 Å². The van der Waals surface area contributed by atoms with Crippen molar-refractivity contribution in [3.8, 4) is 0 Å². The van der Waals surface area contributed by atoms with Crippen molar-refractivity contribution in [2.24, 2.45) is 0 Å². The van der Waals surface area contributed by atoms with Crippen molar-refractivity contribution in [2.75, 3.05) is 0 Å². The van der Waals surface area contributed by atoms with Gasteiger partial charge in [0, 0.05) is 41.9 Å². The summed E-state index contributed by atoms with van der Waals surface area (Å²) in [5, 5.41) is 0. The molecule has 0 aliphatic heterocycles. The van der Waals surface area contributed by atoms with Crippen LogP contribution in [0.1, 0.15) is 0 Å². The average Bonchev–Trinajstić information content (AvgIpc) is 0. The summed E-state index contributed by atoms with van der Waals surface area (Å²) < 4.78 is 0. The third-order valence-corrected chi connectivity index (χ3v) is 0. The normalized spacial score (nSPS) is 0. The first-order valence-electron chi connectivity index (χ1n) is 0. The molecule has 4 heteroatoms. The van der Waals surface area contributed by atoms with E-state index in [-0.39, 0.29) is 92.1 Å². The van der Waals surface area contributed by atoms with Gasteiger partial charge in [0.05, 0.1) is 0 Å². The molecule has 0 unspecified atom stereocenters. The Bertz CT molecular complexity index is 8.00. The fraction of sp³-hybridized carbons (Fsp3) is 0. The van der Waals surface area contributed by atoms with Gasteiger partial charge in [0.15, 0.2) is 0 Å². The zero-order chi connectivity index (χ0) is 0. The Morgan fingerprint density at radius 3 is 1.00 bits per heavy atom. The van der Waals surface area contributed by atoms with Crippen LogP contribution in [0.2, 0.25) is 0 Å². The van der Waals surface area contributed by atoms with Gasteiger partial charge in [-0.15, -0.1) is 0 Å². The van der Waals surface area contributed by atoms with Crippen LogP contribution in [0.15, 0.2) is 0 Å². The molecule has 0 nitrogen and oxygen atoms in total. The first-order chi connectivity index (χ1) is 0. The van der Waals surface area contributed by atoms with Gasteiger partial charge in [-0.05, 0) is 0 Å². The van der Waals surface area contributed by atoms with Crippen molar-refractivity contribution >= 4 is 50.3 Å². The second kappa shape index (κ2) is 16.6. The number of hydrogen-bond donors (Lipinski definition) is 0. The van der Waals surface area contributed by atoms with Gasteiger partial charge in [0.1, 0.15) is 0 Å². The summed E-state index contributed by atoms with van der Waals surface area (Å²) in [6.45, 7) is 0. The number of rotatable bonds is 0. The molecule has 0 aliphatic carbocycles. The minimum absolute atomic E-state index is 0. The van der Waals surface area contributed by atoms with E-state index in [0.29, 0.717) is 0 Å². The van der Waals surface area contributed by atoms with Gasteiger partial charge in [-0.3, -0.25) is 0 Å². The van der Waals surface area contributed by atoms with Crippen molar-refractivity contribution in [2.45, 2.75) is 0 Å². The van der Waals surface area contributed by atoms with Crippen LogP contribution in [0, 0.1) is 0 Å². The van der Waals surface area contributed by atoms with Crippen LogP contribution in [0.5, 0.6) is 0 Å². The van der Waals surface area contributed by atoms with E-state index in [9.17, 15) is 0 Å². The van der Waals surface area contributed by atoms with Crippen molar-refractivity contribution < 1.29 is 41.9 Å². The second-order valence-electron chi connectivity index (χ2n) is 0. The molecule has 0 saturated heterocycles. The first kappa shape index (κ1) is 27.7. The molecule has 0 heterocycles. The van der Waals surface area contributed by atoms with Gasteiger partial charge in [-0.1, -0.05) is 0 Å². The monoisotopic (exact) mass is 413 g/mol. The fourth-order valence-electron chi connectivity index (χ4n) is 0. The van der Waals surface area contributed by atoms with Crippen molar-refractivity contribution in [1.29, 1.82) is 0 Å². The molecule has 1 radical (unpaired) electrons. The topological polar surface area (TPSA) is 0 Å². The van der Waals surface area contributed by atoms with E-state index in [0.717, 1.165) is 0 Å². The summed E-state index contributed by atoms with van der Waals surface area (Å²) in [5.41, 5.74) is 0. The van der Waals surface area contributed by atoms with Crippen LogP contribution in [0.25, 0.3) is 0 Å². The summed E-state index contributed by atoms with van der Waals surface area (Å²) in [4.78, 5) is 0. The summed E-state index contributed by atoms with van der Waals surface area (Å²) in [6.07, 6.45) is 0. The van der Waals surface area contributed by atoms with Gasteiger partial charge in [0.25, 0.3) is 0 Å². The minimum Gasteiger partial charge on any atom is 0 e. The third-order valence-electron chi connectivity index (χ3n) is 0. The fourth-order valence-corrected chi connectivity index (χ4v) is 0. The van der Waals surface area contributed by atoms with E-state index < -0.39 is 0 Å². The molecule has 0 atom stereocenters. The van der Waals surface area contributed by atoms with Crippen LogP contribution >= 0.6 is 0 Å². The predicted molar refractivity (Wildman–Crippen MR) is 19.9 cm³/mol. The maximum absolute atomic E-state index is 0. The van der Waals surface area contributed by atoms with Crippen molar-refractivity contribution in [3.05, 3.63) is 0 Å². The standard InChI is InChI=1S/Ag.In.Sb.Zn.6H. The molecule has 0 aromatic carbocycles. The van der Waals surface area contributed by atoms with Crippen LogP contribution in [0.4, 0.5) is 0 Å². The Hall–Kier alpha value is 3.05. The quantitative estimate of drug-likeness (QED) is 0.388. The van der Waals surface area contributed by atoms with Crippen LogP contribution in [-0.4, -0.2) is 50.3 Å². The van der Waals surface area contributed by atoms with Crippen LogP contribution in [-0.2, 0) is 41.9 Å². The third kappa shape index (κ3) is 8.90. The van der Waals surface area contributed by atoms with Gasteiger partial charge >= 0.3 is 50.3 Å². The smallest absolute Gasteiger partial charge is 0 e. The second-order valence-corrected chi connectivity index (χ2v) is 0. The molecular formula is H6AgInSbZn. The van der Waals surface area contributed by atoms with Gasteiger partial charge < -0.3 is 0 Å². The zero-order valence-electron chi connectivity index (χ0n) is 1.72. The Labute approximate surface area is 90.4 Å². The molecule has 0 aliphatic rings. The van der Waals surface area contributed by atoms with Gasteiger partial charge in [-0.2, -0.15) is 0 Å². The molecule has 27 valence electrons. The molecule has 4 heavy (non-hydrogen) atoms. The van der Waals surface area contributed by atoms with E-state index in [1.165, 1.54) is 0 Å². The zero-order valence-corrected chi connectivity index (χ0v) is 10.2. The van der Waals surface area contributed by atoms with Crippen molar-refractivity contribution in [3.63, 3.8) is 0 Å². The summed E-state index contributed by atoms with van der Waals surface area (Å²) in [7, 11) is 0. The molecule has 0 saturated carbocycles. The Kier molecular flexibility index (Phi) is 115. The Morgan fingerprint density at radius 2 is 1.00 bits per heavy atom. The van der Waals surface area contributed by atoms with E-state index in [4.69, 9.17) is 0 Å². The summed E-state index contributed by atoms with van der Waals surface area (Å²) in [5.74, 6) is 0. The molecule has 0 spiro atoms. The minimum atomic E-state index is 0. The molecule has 0 bridgehead atoms. The maximum Gasteiger partial charge on any atom is 0 e. The SMILES string of the molecule is [Ag].[InH3].[SbH3].[Zn]. The van der Waals surface area contributed by atoms with Crippen LogP contribution < -0.4 is 0 Å². The Balaban J connectivity index is 0.